The molecule has 0 spiro atoms. The summed E-state index contributed by atoms with van der Waals surface area (Å²) in [5.41, 5.74) is 3.39. The summed E-state index contributed by atoms with van der Waals surface area (Å²) in [6.07, 6.45) is 8.89. The lowest BCUT2D eigenvalue weighted by atomic mass is 9.55. The van der Waals surface area contributed by atoms with Crippen molar-refractivity contribution in [3.05, 3.63) is 83.5 Å². The molecule has 10 nitrogen and oxygen atoms in total. The van der Waals surface area contributed by atoms with Crippen LogP contribution in [0.3, 0.4) is 0 Å². The van der Waals surface area contributed by atoms with E-state index in [4.69, 9.17) is 14.3 Å². The predicted octanol–water partition coefficient (Wildman–Crippen LogP) is 5.69. The normalized spacial score (nSPS) is 26.4. The number of phenols is 1. The van der Waals surface area contributed by atoms with Crippen LogP contribution in [0.25, 0.3) is 0 Å². The molecule has 3 N–H and O–H groups in total. The lowest BCUT2D eigenvalue weighted by Crippen LogP contribution is -2.69. The second kappa shape index (κ2) is 15.8. The van der Waals surface area contributed by atoms with Crippen LogP contribution in [-0.2, 0) is 9.57 Å². The zero-order valence-electron chi connectivity index (χ0n) is 27.9. The van der Waals surface area contributed by atoms with Gasteiger partial charge in [0.25, 0.3) is 5.91 Å². The van der Waals surface area contributed by atoms with Gasteiger partial charge in [0.05, 0.1) is 29.9 Å². The Bertz CT molecular complexity index is 1550. The number of hydrogen-bond donors (Lipinski definition) is 3. The molecule has 6 atom stereocenters. The number of phenolic OH excluding ortho intramolecular Hbond substituents is 1. The third-order valence-electron chi connectivity index (χ3n) is 10.0. The maximum Gasteiger partial charge on any atom is 0.254 e. The van der Waals surface area contributed by atoms with Gasteiger partial charge in [-0.2, -0.15) is 5.26 Å². The molecule has 48 heavy (non-hydrogen) atoms. The fourth-order valence-corrected chi connectivity index (χ4v) is 7.91. The second-order valence-electron chi connectivity index (χ2n) is 12.8. The van der Waals surface area contributed by atoms with Crippen LogP contribution in [-0.4, -0.2) is 77.1 Å². The molecule has 0 bridgehead atoms. The molecule has 0 aromatic heterocycles. The highest BCUT2D eigenvalue weighted by Gasteiger charge is 2.65. The minimum atomic E-state index is -1.36. The molecule has 1 aliphatic heterocycles. The fourth-order valence-electron chi connectivity index (χ4n) is 7.91. The second-order valence-corrected chi connectivity index (χ2v) is 12.8. The maximum atomic E-state index is 14.2. The smallest absolute Gasteiger partial charge is 0.254 e. The minimum Gasteiger partial charge on any atom is -0.508 e. The van der Waals surface area contributed by atoms with Crippen molar-refractivity contribution in [3.63, 3.8) is 0 Å². The molecule has 2 aliphatic carbocycles. The number of allylic oxidation sites excluding steroid dienone is 1. The molecule has 1 fully saturated rings. The first-order valence-electron chi connectivity index (χ1n) is 17.0. The van der Waals surface area contributed by atoms with Crippen molar-refractivity contribution in [2.75, 3.05) is 33.5 Å². The number of nitriles is 1. The average molecular weight is 658 g/mol. The number of oxime groups is 1. The van der Waals surface area contributed by atoms with Crippen molar-refractivity contribution in [3.8, 4) is 17.6 Å². The van der Waals surface area contributed by atoms with E-state index in [9.17, 15) is 25.4 Å². The van der Waals surface area contributed by atoms with E-state index in [1.807, 2.05) is 6.92 Å². The van der Waals surface area contributed by atoms with E-state index in [1.54, 1.807) is 60.5 Å². The van der Waals surface area contributed by atoms with Gasteiger partial charge < -0.3 is 34.5 Å². The Hall–Kier alpha value is -4.17. The van der Waals surface area contributed by atoms with Gasteiger partial charge >= 0.3 is 0 Å². The Morgan fingerprint density at radius 1 is 1.15 bits per heavy atom. The number of fused-ring (bicyclic) bond motifs is 2. The van der Waals surface area contributed by atoms with Crippen molar-refractivity contribution >= 4 is 11.6 Å². The Morgan fingerprint density at radius 2 is 1.88 bits per heavy atom. The number of aromatic hydroxyl groups is 1. The first-order valence-corrected chi connectivity index (χ1v) is 17.0. The van der Waals surface area contributed by atoms with Crippen LogP contribution in [0.1, 0.15) is 79.3 Å². The Kier molecular flexibility index (Phi) is 11.6. The van der Waals surface area contributed by atoms with E-state index in [0.29, 0.717) is 42.0 Å². The number of carbonyl (C=O) groups is 1. The van der Waals surface area contributed by atoms with Gasteiger partial charge in [-0.25, -0.2) is 0 Å². The summed E-state index contributed by atoms with van der Waals surface area (Å²) < 4.78 is 13.8. The maximum absolute atomic E-state index is 14.2. The molecule has 3 aliphatic rings. The summed E-state index contributed by atoms with van der Waals surface area (Å²) in [6.45, 7) is 6.54. The zero-order valence-corrected chi connectivity index (χ0v) is 27.9. The highest BCUT2D eigenvalue weighted by atomic mass is 16.7. The Labute approximate surface area is 282 Å². The van der Waals surface area contributed by atoms with Crippen LogP contribution < -0.4 is 4.74 Å². The lowest BCUT2D eigenvalue weighted by molar-refractivity contribution is -0.252. The van der Waals surface area contributed by atoms with Crippen LogP contribution in [0, 0.1) is 29.1 Å². The molecule has 2 aromatic rings. The average Bonchev–Trinajstić information content (AvgIpc) is 3.10. The van der Waals surface area contributed by atoms with Crippen LogP contribution in [0.4, 0.5) is 0 Å². The first-order chi connectivity index (χ1) is 23.3. The highest BCUT2D eigenvalue weighted by Crippen LogP contribution is 2.61. The number of carbonyl (C=O) groups excluding carboxylic acids is 1. The summed E-state index contributed by atoms with van der Waals surface area (Å²) >= 11 is 0. The van der Waals surface area contributed by atoms with Gasteiger partial charge in [0.2, 0.25) is 5.79 Å². The lowest BCUT2D eigenvalue weighted by Gasteiger charge is -2.59. The molecular formula is C38H47N3O7. The molecule has 0 saturated heterocycles. The molecule has 1 heterocycles. The van der Waals surface area contributed by atoms with E-state index in [1.165, 1.54) is 0 Å². The third kappa shape index (κ3) is 6.86. The number of aliphatic hydroxyl groups is 2. The highest BCUT2D eigenvalue weighted by molar-refractivity contribution is 6.03. The Morgan fingerprint density at radius 3 is 2.54 bits per heavy atom. The number of hydrogen-bond acceptors (Lipinski definition) is 9. The van der Waals surface area contributed by atoms with Gasteiger partial charge in [-0.15, -0.1) is 6.58 Å². The quantitative estimate of drug-likeness (QED) is 0.126. The molecule has 2 aromatic carbocycles. The van der Waals surface area contributed by atoms with Crippen molar-refractivity contribution in [2.45, 2.75) is 69.6 Å². The van der Waals surface area contributed by atoms with Crippen molar-refractivity contribution in [1.82, 2.24) is 4.90 Å². The van der Waals surface area contributed by atoms with E-state index >= 15 is 0 Å². The molecule has 1 saturated carbocycles. The van der Waals surface area contributed by atoms with E-state index < -0.39 is 17.7 Å². The summed E-state index contributed by atoms with van der Waals surface area (Å²) in [5, 5.41) is 44.1. The minimum absolute atomic E-state index is 0.0757. The molecular weight excluding hydrogens is 610 g/mol. The molecule has 0 radical (unpaired) electrons. The summed E-state index contributed by atoms with van der Waals surface area (Å²) in [4.78, 5) is 21.5. The van der Waals surface area contributed by atoms with Crippen molar-refractivity contribution in [1.29, 1.82) is 5.26 Å². The van der Waals surface area contributed by atoms with Gasteiger partial charge in [-0.3, -0.25) is 4.79 Å². The first kappa shape index (κ1) is 35.1. The van der Waals surface area contributed by atoms with Crippen LogP contribution >= 0.6 is 0 Å². The van der Waals surface area contributed by atoms with Crippen LogP contribution in [0.2, 0.25) is 0 Å². The monoisotopic (exact) mass is 657 g/mol. The molecule has 5 rings (SSSR count). The third-order valence-corrected chi connectivity index (χ3v) is 10.0. The van der Waals surface area contributed by atoms with Crippen LogP contribution in [0.15, 0.2) is 71.9 Å². The molecule has 10 heteroatoms. The number of ether oxygens (including phenoxy) is 2. The van der Waals surface area contributed by atoms with Crippen molar-refractivity contribution < 1.29 is 34.4 Å². The zero-order chi connectivity index (χ0) is 34.3. The van der Waals surface area contributed by atoms with Gasteiger partial charge in [0.1, 0.15) is 24.1 Å². The van der Waals surface area contributed by atoms with E-state index in [2.05, 4.69) is 23.9 Å². The number of amides is 1. The SMILES string of the molecule is C=CCO[C@@]12Oc3ccc(O)cc3[C@H]3[C@H](CCCCO)[C@@H](CCCCO)C=C(C(=NOCC)C[C@@H]1N(C)C(=O)c1ccc(C#N)cc1)[C@H]32. The fraction of sp³-hybridized carbons (Fsp3) is 0.500. The molecule has 0 unspecified atom stereocenters. The number of likely N-dealkylation sites (N-methyl/N-ethyl adjacent to an activating group) is 1. The summed E-state index contributed by atoms with van der Waals surface area (Å²) in [6, 6.07) is 13.1. The van der Waals surface area contributed by atoms with Crippen molar-refractivity contribution in [2.24, 2.45) is 22.9 Å². The van der Waals surface area contributed by atoms with E-state index in [-0.39, 0.29) is 55.7 Å². The topological polar surface area (TPSA) is 145 Å². The Balaban J connectivity index is 1.73. The van der Waals surface area contributed by atoms with Gasteiger partial charge in [-0.1, -0.05) is 30.1 Å². The van der Waals surface area contributed by atoms with E-state index in [0.717, 1.165) is 36.8 Å². The van der Waals surface area contributed by atoms with Gasteiger partial charge in [0, 0.05) is 43.7 Å². The number of unbranched alkanes of at least 4 members (excludes halogenated alkanes) is 2. The molecule has 1 amide bonds. The molecule has 256 valence electrons. The summed E-state index contributed by atoms with van der Waals surface area (Å²) in [7, 11) is 1.74. The van der Waals surface area contributed by atoms with Gasteiger partial charge in [0.15, 0.2) is 0 Å². The number of nitrogens with zero attached hydrogens (tertiary/aromatic N) is 3. The number of benzene rings is 2. The standard InChI is InChI=1S/C38H47N3O7/c1-4-20-46-38-34(41(3)37(45)26-14-12-25(24-39)13-15-26)23-32(40-47-5-2)30-21-27(10-6-8-18-42)29(11-7-9-19-43)35(36(30)38)31-22-28(44)16-17-33(31)48-38/h4,12-17,21-22,27,29,34-36,42-44H,1,5-11,18-20,23H2,2-3H3/t27-,29+,34-,35+,36+,38+/m0/s1. The summed E-state index contributed by atoms with van der Waals surface area (Å²) in [5.74, 6) is -1.36. The van der Waals surface area contributed by atoms with Crippen LogP contribution in [0.5, 0.6) is 11.5 Å². The number of rotatable bonds is 15. The largest absolute Gasteiger partial charge is 0.508 e. The number of aliphatic hydroxyl groups excluding tert-OH is 2. The predicted molar refractivity (Wildman–Crippen MR) is 181 cm³/mol. The van der Waals surface area contributed by atoms with Gasteiger partial charge in [-0.05, 0) is 92.5 Å².